The minimum absolute atomic E-state index is 0.540. The van der Waals surface area contributed by atoms with Crippen molar-refractivity contribution in [3.05, 3.63) is 59.7 Å². The van der Waals surface area contributed by atoms with Crippen LogP contribution < -0.4 is 10.5 Å². The second kappa shape index (κ2) is 7.99. The molecule has 0 bridgehead atoms. The van der Waals surface area contributed by atoms with Gasteiger partial charge in [0.25, 0.3) is 0 Å². The number of morpholine rings is 1. The second-order valence-corrected chi connectivity index (χ2v) is 5.85. The van der Waals surface area contributed by atoms with Crippen molar-refractivity contribution in [2.75, 3.05) is 38.6 Å². The lowest BCUT2D eigenvalue weighted by Crippen LogP contribution is -2.37. The van der Waals surface area contributed by atoms with E-state index in [0.717, 1.165) is 50.6 Å². The van der Waals surface area contributed by atoms with Crippen LogP contribution in [0.4, 0.5) is 5.69 Å². The van der Waals surface area contributed by atoms with Gasteiger partial charge >= 0.3 is 0 Å². The summed E-state index contributed by atoms with van der Waals surface area (Å²) >= 11 is 0. The number of nitrogens with zero attached hydrogens (tertiary/aromatic N) is 1. The zero-order chi connectivity index (χ0) is 15.9. The molecular formula is C19H24N2O2. The summed E-state index contributed by atoms with van der Waals surface area (Å²) in [5.41, 5.74) is 9.24. The van der Waals surface area contributed by atoms with Crippen molar-refractivity contribution in [3.8, 4) is 5.75 Å². The Bertz CT molecular complexity index is 610. The van der Waals surface area contributed by atoms with Gasteiger partial charge in [-0.05, 0) is 29.7 Å². The van der Waals surface area contributed by atoms with E-state index in [1.807, 2.05) is 42.5 Å². The molecule has 122 valence electrons. The molecule has 0 aliphatic carbocycles. The maximum Gasteiger partial charge on any atom is 0.142 e. The van der Waals surface area contributed by atoms with Crippen LogP contribution in [0.15, 0.2) is 48.5 Å². The van der Waals surface area contributed by atoms with Crippen LogP contribution in [-0.4, -0.2) is 37.7 Å². The van der Waals surface area contributed by atoms with Gasteiger partial charge in [-0.1, -0.05) is 36.4 Å². The Kier molecular flexibility index (Phi) is 5.51. The lowest BCUT2D eigenvalue weighted by atomic mass is 10.1. The zero-order valence-electron chi connectivity index (χ0n) is 13.4. The molecule has 0 unspecified atom stereocenters. The van der Waals surface area contributed by atoms with Crippen molar-refractivity contribution in [1.29, 1.82) is 0 Å². The van der Waals surface area contributed by atoms with Crippen LogP contribution in [0, 0.1) is 0 Å². The number of nitrogen functional groups attached to an aromatic ring is 1. The van der Waals surface area contributed by atoms with Crippen LogP contribution in [0.25, 0.3) is 0 Å². The molecule has 3 rings (SSSR count). The highest BCUT2D eigenvalue weighted by Crippen LogP contribution is 2.24. The molecule has 1 saturated heterocycles. The van der Waals surface area contributed by atoms with Crippen molar-refractivity contribution in [2.45, 2.75) is 13.0 Å². The first kappa shape index (κ1) is 15.8. The number of rotatable bonds is 6. The number of ether oxygens (including phenoxy) is 2. The highest BCUT2D eigenvalue weighted by Gasteiger charge is 2.10. The van der Waals surface area contributed by atoms with Crippen LogP contribution >= 0.6 is 0 Å². The standard InChI is InChI=1S/C19H24N2O2/c20-18-14-16(8-9-21-10-12-22-13-11-21)6-7-19(18)23-15-17-4-2-1-3-5-17/h1-7,14H,8-13,15,20H2. The molecule has 0 amide bonds. The minimum Gasteiger partial charge on any atom is -0.487 e. The molecule has 2 aromatic rings. The van der Waals surface area contributed by atoms with E-state index in [-0.39, 0.29) is 0 Å². The molecule has 0 aromatic heterocycles. The summed E-state index contributed by atoms with van der Waals surface area (Å²) in [7, 11) is 0. The molecule has 4 heteroatoms. The number of nitrogens with two attached hydrogens (primary N) is 1. The Morgan fingerprint density at radius 2 is 1.78 bits per heavy atom. The molecule has 0 spiro atoms. The first-order valence-electron chi connectivity index (χ1n) is 8.16. The fraction of sp³-hybridized carbons (Fsp3) is 0.368. The molecule has 2 N–H and O–H groups in total. The molecule has 0 saturated carbocycles. The predicted molar refractivity (Wildman–Crippen MR) is 92.6 cm³/mol. The van der Waals surface area contributed by atoms with Crippen molar-refractivity contribution in [2.24, 2.45) is 0 Å². The molecule has 4 nitrogen and oxygen atoms in total. The van der Waals surface area contributed by atoms with Crippen LogP contribution in [0.5, 0.6) is 5.75 Å². The summed E-state index contributed by atoms with van der Waals surface area (Å²) < 4.78 is 11.2. The molecule has 1 heterocycles. The van der Waals surface area contributed by atoms with Gasteiger partial charge in [0, 0.05) is 19.6 Å². The highest BCUT2D eigenvalue weighted by atomic mass is 16.5. The lowest BCUT2D eigenvalue weighted by molar-refractivity contribution is 0.0384. The molecule has 0 radical (unpaired) electrons. The van der Waals surface area contributed by atoms with Crippen LogP contribution in [-0.2, 0) is 17.8 Å². The van der Waals surface area contributed by atoms with Crippen molar-refractivity contribution >= 4 is 5.69 Å². The Balaban J connectivity index is 1.52. The van der Waals surface area contributed by atoms with Crippen molar-refractivity contribution in [3.63, 3.8) is 0 Å². The third kappa shape index (κ3) is 4.71. The monoisotopic (exact) mass is 312 g/mol. The lowest BCUT2D eigenvalue weighted by Gasteiger charge is -2.26. The third-order valence-electron chi connectivity index (χ3n) is 4.13. The molecule has 1 aliphatic heterocycles. The first-order valence-corrected chi connectivity index (χ1v) is 8.16. The van der Waals surface area contributed by atoms with Gasteiger partial charge in [0.15, 0.2) is 0 Å². The number of anilines is 1. The van der Waals surface area contributed by atoms with E-state index in [2.05, 4.69) is 11.0 Å². The molecule has 1 aliphatic rings. The normalized spacial score (nSPS) is 15.5. The second-order valence-electron chi connectivity index (χ2n) is 5.85. The van der Waals surface area contributed by atoms with E-state index in [1.54, 1.807) is 0 Å². The summed E-state index contributed by atoms with van der Waals surface area (Å²) in [4.78, 5) is 2.43. The van der Waals surface area contributed by atoms with Crippen molar-refractivity contribution < 1.29 is 9.47 Å². The molecular weight excluding hydrogens is 288 g/mol. The van der Waals surface area contributed by atoms with E-state index >= 15 is 0 Å². The summed E-state index contributed by atoms with van der Waals surface area (Å²) in [6.07, 6.45) is 1.00. The van der Waals surface area contributed by atoms with Gasteiger partial charge in [-0.2, -0.15) is 0 Å². The van der Waals surface area contributed by atoms with Gasteiger partial charge in [0.2, 0.25) is 0 Å². The largest absolute Gasteiger partial charge is 0.487 e. The van der Waals surface area contributed by atoms with E-state index in [4.69, 9.17) is 15.2 Å². The fourth-order valence-corrected chi connectivity index (χ4v) is 2.73. The summed E-state index contributed by atoms with van der Waals surface area (Å²) in [5.74, 6) is 0.754. The number of hydrogen-bond acceptors (Lipinski definition) is 4. The van der Waals surface area contributed by atoms with E-state index in [1.165, 1.54) is 5.56 Å². The Morgan fingerprint density at radius 1 is 1.00 bits per heavy atom. The van der Waals surface area contributed by atoms with Gasteiger partial charge in [0.05, 0.1) is 18.9 Å². The van der Waals surface area contributed by atoms with Crippen LogP contribution in [0.3, 0.4) is 0 Å². The summed E-state index contributed by atoms with van der Waals surface area (Å²) in [6, 6.07) is 16.2. The number of hydrogen-bond donors (Lipinski definition) is 1. The average molecular weight is 312 g/mol. The predicted octanol–water partition coefficient (Wildman–Crippen LogP) is 2.72. The van der Waals surface area contributed by atoms with E-state index in [9.17, 15) is 0 Å². The third-order valence-corrected chi connectivity index (χ3v) is 4.13. The quantitative estimate of drug-likeness (QED) is 0.833. The molecule has 0 atom stereocenters. The highest BCUT2D eigenvalue weighted by molar-refractivity contribution is 5.54. The van der Waals surface area contributed by atoms with Gasteiger partial charge in [-0.25, -0.2) is 0 Å². The van der Waals surface area contributed by atoms with Crippen molar-refractivity contribution in [1.82, 2.24) is 4.90 Å². The smallest absolute Gasteiger partial charge is 0.142 e. The number of benzene rings is 2. The first-order chi connectivity index (χ1) is 11.3. The summed E-state index contributed by atoms with van der Waals surface area (Å²) in [6.45, 7) is 5.31. The van der Waals surface area contributed by atoms with E-state index in [0.29, 0.717) is 12.3 Å². The SMILES string of the molecule is Nc1cc(CCN2CCOCC2)ccc1OCc1ccccc1. The minimum atomic E-state index is 0.540. The summed E-state index contributed by atoms with van der Waals surface area (Å²) in [5, 5.41) is 0. The molecule has 23 heavy (non-hydrogen) atoms. The molecule has 1 fully saturated rings. The fourth-order valence-electron chi connectivity index (χ4n) is 2.73. The van der Waals surface area contributed by atoms with E-state index < -0.39 is 0 Å². The Morgan fingerprint density at radius 3 is 2.52 bits per heavy atom. The molecule has 2 aromatic carbocycles. The maximum atomic E-state index is 6.14. The maximum absolute atomic E-state index is 6.14. The van der Waals surface area contributed by atoms with Gasteiger partial charge < -0.3 is 15.2 Å². The topological polar surface area (TPSA) is 47.7 Å². The van der Waals surface area contributed by atoms with Gasteiger partial charge in [0.1, 0.15) is 12.4 Å². The van der Waals surface area contributed by atoms with Gasteiger partial charge in [-0.3, -0.25) is 4.90 Å². The van der Waals surface area contributed by atoms with Crippen LogP contribution in [0.2, 0.25) is 0 Å². The zero-order valence-corrected chi connectivity index (χ0v) is 13.4. The average Bonchev–Trinajstić information content (AvgIpc) is 2.61. The van der Waals surface area contributed by atoms with Gasteiger partial charge in [-0.15, -0.1) is 0 Å². The van der Waals surface area contributed by atoms with Crippen LogP contribution in [0.1, 0.15) is 11.1 Å². The Labute approximate surface area is 137 Å². The Hall–Kier alpha value is -2.04.